The van der Waals surface area contributed by atoms with Gasteiger partial charge in [-0.3, -0.25) is 19.7 Å². The molecule has 0 fully saturated rings. The Kier molecular flexibility index (Phi) is 4.16. The maximum atomic E-state index is 13.6. The van der Waals surface area contributed by atoms with Crippen molar-refractivity contribution in [1.29, 1.82) is 0 Å². The molecule has 0 saturated heterocycles. The van der Waals surface area contributed by atoms with Crippen LogP contribution in [0.5, 0.6) is 0 Å². The molecule has 28 heavy (non-hydrogen) atoms. The number of benzene rings is 2. The first kappa shape index (κ1) is 17.8. The monoisotopic (exact) mass is 384 g/mol. The van der Waals surface area contributed by atoms with Crippen molar-refractivity contribution in [3.63, 3.8) is 0 Å². The number of aliphatic hydroxyl groups is 1. The van der Waals surface area contributed by atoms with E-state index in [4.69, 9.17) is 4.42 Å². The zero-order chi connectivity index (χ0) is 20.0. The molecule has 142 valence electrons. The van der Waals surface area contributed by atoms with Crippen LogP contribution in [-0.4, -0.2) is 34.0 Å². The Hall–Kier alpha value is -3.59. The third-order valence-corrected chi connectivity index (χ3v) is 4.67. The van der Waals surface area contributed by atoms with Crippen molar-refractivity contribution in [1.82, 2.24) is 4.90 Å². The molecule has 8 nitrogen and oxygen atoms in total. The van der Waals surface area contributed by atoms with Crippen LogP contribution >= 0.6 is 0 Å². The highest BCUT2D eigenvalue weighted by molar-refractivity contribution is 5.99. The maximum absolute atomic E-state index is 13.6. The number of aliphatic hydroxyl groups excluding tert-OH is 1. The first-order valence-corrected chi connectivity index (χ1v) is 8.35. The van der Waals surface area contributed by atoms with E-state index in [1.54, 1.807) is 6.07 Å². The lowest BCUT2D eigenvalue weighted by atomic mass is 9.98. The SMILES string of the molecule is O=C1c2oc3ccc(F)cc3c(=O)c2[C@H](c2cccc([N+](=O)[O-])c2)N1CCO. The number of hydrogen-bond donors (Lipinski definition) is 1. The lowest BCUT2D eigenvalue weighted by Gasteiger charge is -2.24. The lowest BCUT2D eigenvalue weighted by molar-refractivity contribution is -0.384. The summed E-state index contributed by atoms with van der Waals surface area (Å²) < 4.78 is 19.2. The standard InChI is InChI=1S/C19H13FN2O6/c20-11-4-5-14-13(9-11)17(24)15-16(10-2-1-3-12(8-10)22(26)27)21(6-7-23)19(25)18(15)28-14/h1-5,8-9,16,23H,6-7H2/t16-/m0/s1. The summed E-state index contributed by atoms with van der Waals surface area (Å²) in [6.45, 7) is -0.492. The van der Waals surface area contributed by atoms with Gasteiger partial charge in [0.1, 0.15) is 11.4 Å². The van der Waals surface area contributed by atoms with E-state index < -0.39 is 28.1 Å². The average Bonchev–Trinajstić information content (AvgIpc) is 2.95. The van der Waals surface area contributed by atoms with Crippen LogP contribution in [0.15, 0.2) is 51.7 Å². The van der Waals surface area contributed by atoms with Crippen LogP contribution in [-0.2, 0) is 0 Å². The third-order valence-electron chi connectivity index (χ3n) is 4.67. The lowest BCUT2D eigenvalue weighted by Crippen LogP contribution is -2.32. The Morgan fingerprint density at radius 2 is 2.00 bits per heavy atom. The minimum Gasteiger partial charge on any atom is -0.450 e. The molecule has 1 aliphatic rings. The molecular formula is C19H13FN2O6. The Bertz CT molecular complexity index is 1190. The summed E-state index contributed by atoms with van der Waals surface area (Å²) in [5, 5.41) is 20.5. The first-order chi connectivity index (χ1) is 13.4. The van der Waals surface area contributed by atoms with Gasteiger partial charge in [-0.2, -0.15) is 0 Å². The Balaban J connectivity index is 2.01. The van der Waals surface area contributed by atoms with Crippen molar-refractivity contribution in [2.75, 3.05) is 13.2 Å². The zero-order valence-electron chi connectivity index (χ0n) is 14.3. The fourth-order valence-corrected chi connectivity index (χ4v) is 3.49. The van der Waals surface area contributed by atoms with Gasteiger partial charge >= 0.3 is 0 Å². The number of amides is 1. The minimum absolute atomic E-state index is 0.0305. The number of hydrogen-bond acceptors (Lipinski definition) is 6. The fraction of sp³-hybridized carbons (Fsp3) is 0.158. The number of nitrogens with zero attached hydrogens (tertiary/aromatic N) is 2. The highest BCUT2D eigenvalue weighted by atomic mass is 19.1. The van der Waals surface area contributed by atoms with Gasteiger partial charge in [0.05, 0.1) is 28.5 Å². The fourth-order valence-electron chi connectivity index (χ4n) is 3.49. The van der Waals surface area contributed by atoms with Crippen LogP contribution in [0.2, 0.25) is 0 Å². The van der Waals surface area contributed by atoms with Crippen LogP contribution in [0.4, 0.5) is 10.1 Å². The number of halogens is 1. The molecule has 1 aromatic heterocycles. The van der Waals surface area contributed by atoms with E-state index in [2.05, 4.69) is 0 Å². The molecule has 0 saturated carbocycles. The van der Waals surface area contributed by atoms with E-state index in [1.165, 1.54) is 29.2 Å². The second kappa shape index (κ2) is 6.54. The minimum atomic E-state index is -0.988. The number of β-amino-alcohol motifs (C(OH)–C–C–N with tert-alkyl or cyclic N) is 1. The predicted molar refractivity (Wildman–Crippen MR) is 95.5 cm³/mol. The van der Waals surface area contributed by atoms with Crippen molar-refractivity contribution >= 4 is 22.6 Å². The van der Waals surface area contributed by atoms with Gasteiger partial charge in [0, 0.05) is 18.7 Å². The normalized spacial score (nSPS) is 15.9. The van der Waals surface area contributed by atoms with Crippen molar-refractivity contribution in [2.24, 2.45) is 0 Å². The Morgan fingerprint density at radius 1 is 1.21 bits per heavy atom. The van der Waals surface area contributed by atoms with Gasteiger partial charge in [0.15, 0.2) is 5.43 Å². The molecule has 1 aliphatic heterocycles. The molecule has 0 spiro atoms. The van der Waals surface area contributed by atoms with Crippen LogP contribution in [0.1, 0.15) is 27.7 Å². The second-order valence-corrected chi connectivity index (χ2v) is 6.29. The number of rotatable bonds is 4. The summed E-state index contributed by atoms with van der Waals surface area (Å²) in [5.74, 6) is -1.47. The van der Waals surface area contributed by atoms with Crippen molar-refractivity contribution < 1.29 is 23.6 Å². The summed E-state index contributed by atoms with van der Waals surface area (Å²) in [6, 6.07) is 7.93. The van der Waals surface area contributed by atoms with Crippen LogP contribution in [0.25, 0.3) is 11.0 Å². The summed E-state index contributed by atoms with van der Waals surface area (Å²) in [6.07, 6.45) is 0. The van der Waals surface area contributed by atoms with Gasteiger partial charge in [-0.05, 0) is 23.8 Å². The number of carbonyl (C=O) groups is 1. The molecule has 1 amide bonds. The van der Waals surface area contributed by atoms with E-state index in [9.17, 15) is 29.2 Å². The zero-order valence-corrected chi connectivity index (χ0v) is 14.3. The van der Waals surface area contributed by atoms with Gasteiger partial charge in [-0.25, -0.2) is 4.39 Å². The summed E-state index contributed by atoms with van der Waals surface area (Å²) in [5.41, 5.74) is -0.461. The summed E-state index contributed by atoms with van der Waals surface area (Å²) in [7, 11) is 0. The van der Waals surface area contributed by atoms with Gasteiger partial charge < -0.3 is 14.4 Å². The molecule has 2 heterocycles. The van der Waals surface area contributed by atoms with Crippen LogP contribution in [0.3, 0.4) is 0 Å². The van der Waals surface area contributed by atoms with E-state index in [0.29, 0.717) is 5.56 Å². The highest BCUT2D eigenvalue weighted by Gasteiger charge is 2.42. The number of fused-ring (bicyclic) bond motifs is 2. The predicted octanol–water partition coefficient (Wildman–Crippen LogP) is 2.38. The van der Waals surface area contributed by atoms with E-state index in [-0.39, 0.29) is 41.1 Å². The van der Waals surface area contributed by atoms with Crippen LogP contribution in [0, 0.1) is 15.9 Å². The summed E-state index contributed by atoms with van der Waals surface area (Å²) >= 11 is 0. The Labute approximate surface area is 156 Å². The smallest absolute Gasteiger partial charge is 0.290 e. The third kappa shape index (κ3) is 2.64. The maximum Gasteiger partial charge on any atom is 0.290 e. The largest absolute Gasteiger partial charge is 0.450 e. The molecule has 1 N–H and O–H groups in total. The van der Waals surface area contributed by atoms with Crippen LogP contribution < -0.4 is 5.43 Å². The molecule has 2 aromatic carbocycles. The van der Waals surface area contributed by atoms with Crippen molar-refractivity contribution in [3.05, 3.63) is 85.5 Å². The van der Waals surface area contributed by atoms with Gasteiger partial charge in [0.25, 0.3) is 11.6 Å². The molecule has 0 unspecified atom stereocenters. The molecular weight excluding hydrogens is 371 g/mol. The van der Waals surface area contributed by atoms with Gasteiger partial charge in [-0.15, -0.1) is 0 Å². The topological polar surface area (TPSA) is 114 Å². The quantitative estimate of drug-likeness (QED) is 0.546. The number of nitro benzene ring substituents is 1. The van der Waals surface area contributed by atoms with E-state index in [0.717, 1.165) is 12.1 Å². The molecule has 0 aliphatic carbocycles. The van der Waals surface area contributed by atoms with Gasteiger partial charge in [0.2, 0.25) is 5.76 Å². The van der Waals surface area contributed by atoms with E-state index in [1.807, 2.05) is 0 Å². The molecule has 9 heteroatoms. The van der Waals surface area contributed by atoms with E-state index >= 15 is 0 Å². The Morgan fingerprint density at radius 3 is 2.71 bits per heavy atom. The first-order valence-electron chi connectivity index (χ1n) is 8.35. The summed E-state index contributed by atoms with van der Waals surface area (Å²) in [4.78, 5) is 37.6. The molecule has 0 bridgehead atoms. The number of non-ortho nitro benzene ring substituents is 1. The van der Waals surface area contributed by atoms with Crippen molar-refractivity contribution in [2.45, 2.75) is 6.04 Å². The molecule has 3 aromatic rings. The number of nitro groups is 1. The molecule has 4 rings (SSSR count). The highest BCUT2D eigenvalue weighted by Crippen LogP contribution is 2.38. The molecule has 1 atom stereocenters. The van der Waals surface area contributed by atoms with Gasteiger partial charge in [-0.1, -0.05) is 12.1 Å². The second-order valence-electron chi connectivity index (χ2n) is 6.29. The average molecular weight is 384 g/mol. The molecule has 0 radical (unpaired) electrons. The van der Waals surface area contributed by atoms with Crippen molar-refractivity contribution in [3.8, 4) is 0 Å². The number of carbonyl (C=O) groups excluding carboxylic acids is 1.